The zero-order valence-electron chi connectivity index (χ0n) is 16.3. The molecule has 2 aromatic rings. The molecular formula is C21H23N3O4S. The lowest BCUT2D eigenvalue weighted by atomic mass is 10.1. The molecule has 2 aromatic carbocycles. The van der Waals surface area contributed by atoms with Gasteiger partial charge in [-0.2, -0.15) is 0 Å². The number of morpholine rings is 1. The minimum Gasteiger partial charge on any atom is -0.367 e. The van der Waals surface area contributed by atoms with Crippen molar-refractivity contribution in [3.8, 4) is 0 Å². The number of hydrogen-bond donors (Lipinski definition) is 1. The largest absolute Gasteiger partial charge is 0.367 e. The van der Waals surface area contributed by atoms with Gasteiger partial charge in [0.25, 0.3) is 10.0 Å². The molecule has 7 nitrogen and oxygen atoms in total. The predicted molar refractivity (Wildman–Crippen MR) is 109 cm³/mol. The van der Waals surface area contributed by atoms with Crippen molar-refractivity contribution in [2.24, 2.45) is 4.99 Å². The van der Waals surface area contributed by atoms with Gasteiger partial charge in [0, 0.05) is 12.1 Å². The van der Waals surface area contributed by atoms with Gasteiger partial charge in [0.15, 0.2) is 0 Å². The Hall–Kier alpha value is -2.71. The predicted octanol–water partition coefficient (Wildman–Crippen LogP) is 2.10. The van der Waals surface area contributed by atoms with Gasteiger partial charge in [-0.1, -0.05) is 42.5 Å². The molecule has 1 N–H and O–H groups in total. The molecule has 2 unspecified atom stereocenters. The van der Waals surface area contributed by atoms with E-state index in [1.54, 1.807) is 30.0 Å². The standard InChI is InChI=1S/C21H23N3O4S/c1-14-12-24(13-18(28-14)16-8-4-3-5-9-16)21(25)15(2)22-20-17-10-6-7-11-19(17)29(26,27)23-20/h3-11,14-15,18H,12-13H2,1-2H3,(H,22,23)/t14?,15-,18?/m0/s1. The summed E-state index contributed by atoms with van der Waals surface area (Å²) in [5, 5.41) is 0. The van der Waals surface area contributed by atoms with Crippen molar-refractivity contribution in [2.45, 2.75) is 37.0 Å². The number of nitrogens with one attached hydrogen (secondary N) is 1. The molecule has 0 saturated carbocycles. The Morgan fingerprint density at radius 3 is 2.59 bits per heavy atom. The lowest BCUT2D eigenvalue weighted by Gasteiger charge is -2.37. The second-order valence-corrected chi connectivity index (χ2v) is 9.00. The van der Waals surface area contributed by atoms with Crippen molar-refractivity contribution in [2.75, 3.05) is 13.1 Å². The van der Waals surface area contributed by atoms with E-state index < -0.39 is 16.1 Å². The van der Waals surface area contributed by atoms with Crippen LogP contribution in [0.25, 0.3) is 0 Å². The van der Waals surface area contributed by atoms with E-state index in [2.05, 4.69) is 9.71 Å². The van der Waals surface area contributed by atoms with Crippen molar-refractivity contribution in [1.82, 2.24) is 9.62 Å². The van der Waals surface area contributed by atoms with Crippen LogP contribution in [0.5, 0.6) is 0 Å². The Balaban J connectivity index is 1.54. The first-order chi connectivity index (χ1) is 13.8. The van der Waals surface area contributed by atoms with Gasteiger partial charge in [-0.3, -0.25) is 14.5 Å². The van der Waals surface area contributed by atoms with Crippen LogP contribution in [0.4, 0.5) is 0 Å². The second-order valence-electron chi connectivity index (χ2n) is 7.34. The van der Waals surface area contributed by atoms with Crippen LogP contribution < -0.4 is 4.72 Å². The number of carbonyl (C=O) groups is 1. The molecule has 1 saturated heterocycles. The summed E-state index contributed by atoms with van der Waals surface area (Å²) in [5.74, 6) is 0.0551. The van der Waals surface area contributed by atoms with Crippen LogP contribution in [0.3, 0.4) is 0 Å². The third kappa shape index (κ3) is 3.90. The summed E-state index contributed by atoms with van der Waals surface area (Å²) in [6.07, 6.45) is -0.307. The van der Waals surface area contributed by atoms with Gasteiger partial charge in [-0.05, 0) is 31.5 Å². The number of ether oxygens (including phenoxy) is 1. The molecule has 0 bridgehead atoms. The zero-order valence-corrected chi connectivity index (χ0v) is 17.1. The Kier molecular flexibility index (Phi) is 5.14. The molecule has 152 valence electrons. The summed E-state index contributed by atoms with van der Waals surface area (Å²) in [6, 6.07) is 15.7. The monoisotopic (exact) mass is 413 g/mol. The normalized spacial score (nSPS) is 25.3. The number of sulfonamides is 1. The molecule has 2 aliphatic rings. The van der Waals surface area contributed by atoms with Crippen molar-refractivity contribution in [3.05, 3.63) is 65.7 Å². The van der Waals surface area contributed by atoms with Gasteiger partial charge < -0.3 is 9.64 Å². The van der Waals surface area contributed by atoms with Gasteiger partial charge in [0.1, 0.15) is 18.0 Å². The first-order valence-electron chi connectivity index (χ1n) is 9.54. The van der Waals surface area contributed by atoms with Crippen LogP contribution in [-0.2, 0) is 19.6 Å². The molecule has 0 aromatic heterocycles. The van der Waals surface area contributed by atoms with E-state index in [0.29, 0.717) is 18.7 Å². The maximum absolute atomic E-state index is 13.1. The smallest absolute Gasteiger partial charge is 0.263 e. The molecular weight excluding hydrogens is 390 g/mol. The molecule has 2 heterocycles. The van der Waals surface area contributed by atoms with Crippen LogP contribution in [0.1, 0.15) is 31.1 Å². The fourth-order valence-electron chi connectivity index (χ4n) is 3.73. The number of rotatable bonds is 3. The summed E-state index contributed by atoms with van der Waals surface area (Å²) in [5.41, 5.74) is 1.51. The minimum absolute atomic E-state index is 0.108. The van der Waals surface area contributed by atoms with E-state index in [1.165, 1.54) is 6.07 Å². The molecule has 0 spiro atoms. The molecule has 8 heteroatoms. The van der Waals surface area contributed by atoms with Crippen molar-refractivity contribution in [3.63, 3.8) is 0 Å². The van der Waals surface area contributed by atoms with E-state index >= 15 is 0 Å². The fraction of sp³-hybridized carbons (Fsp3) is 0.333. The SMILES string of the molecule is CC1CN(C(=O)[C@H](C)N=C2NS(=O)(=O)c3ccccc32)CC(c2ccccc2)O1. The van der Waals surface area contributed by atoms with E-state index in [1.807, 2.05) is 37.3 Å². The lowest BCUT2D eigenvalue weighted by molar-refractivity contribution is -0.145. The third-order valence-corrected chi connectivity index (χ3v) is 6.48. The van der Waals surface area contributed by atoms with Gasteiger partial charge >= 0.3 is 0 Å². The van der Waals surface area contributed by atoms with Crippen LogP contribution in [-0.4, -0.2) is 50.3 Å². The van der Waals surface area contributed by atoms with E-state index in [0.717, 1.165) is 5.56 Å². The van der Waals surface area contributed by atoms with E-state index in [9.17, 15) is 13.2 Å². The molecule has 1 amide bonds. The Labute approximate surface area is 170 Å². The average molecular weight is 413 g/mol. The first kappa shape index (κ1) is 19.6. The lowest BCUT2D eigenvalue weighted by Crippen LogP contribution is -2.48. The molecule has 1 fully saturated rings. The summed E-state index contributed by atoms with van der Waals surface area (Å²) in [7, 11) is -3.63. The molecule has 4 rings (SSSR count). The minimum atomic E-state index is -3.63. The number of benzene rings is 2. The van der Waals surface area contributed by atoms with Crippen molar-refractivity contribution in [1.29, 1.82) is 0 Å². The zero-order chi connectivity index (χ0) is 20.6. The van der Waals surface area contributed by atoms with Crippen LogP contribution >= 0.6 is 0 Å². The van der Waals surface area contributed by atoms with Crippen LogP contribution in [0.2, 0.25) is 0 Å². The number of fused-ring (bicyclic) bond motifs is 1. The Bertz CT molecular complexity index is 1050. The molecule has 29 heavy (non-hydrogen) atoms. The molecule has 2 aliphatic heterocycles. The highest BCUT2D eigenvalue weighted by molar-refractivity contribution is 7.90. The highest BCUT2D eigenvalue weighted by atomic mass is 32.2. The van der Waals surface area contributed by atoms with E-state index in [-0.39, 0.29) is 28.8 Å². The highest BCUT2D eigenvalue weighted by Gasteiger charge is 2.34. The number of carbonyl (C=O) groups excluding carboxylic acids is 1. The topological polar surface area (TPSA) is 88.1 Å². The average Bonchev–Trinajstić information content (AvgIpc) is 2.98. The van der Waals surface area contributed by atoms with E-state index in [4.69, 9.17) is 4.74 Å². The van der Waals surface area contributed by atoms with Crippen molar-refractivity contribution < 1.29 is 17.9 Å². The van der Waals surface area contributed by atoms with Gasteiger partial charge in [-0.15, -0.1) is 0 Å². The summed E-state index contributed by atoms with van der Waals surface area (Å²) < 4.78 is 33.0. The second kappa shape index (κ2) is 7.61. The maximum Gasteiger partial charge on any atom is 0.263 e. The number of aliphatic imine (C=N–C) groups is 1. The molecule has 0 aliphatic carbocycles. The number of hydrogen-bond acceptors (Lipinski definition) is 5. The number of nitrogens with zero attached hydrogens (tertiary/aromatic N) is 2. The fourth-order valence-corrected chi connectivity index (χ4v) is 4.97. The van der Waals surface area contributed by atoms with Crippen molar-refractivity contribution >= 4 is 21.8 Å². The van der Waals surface area contributed by atoms with Gasteiger partial charge in [0.2, 0.25) is 5.91 Å². The number of amides is 1. The summed E-state index contributed by atoms with van der Waals surface area (Å²) in [6.45, 7) is 4.53. The first-order valence-corrected chi connectivity index (χ1v) is 11.0. The molecule has 3 atom stereocenters. The van der Waals surface area contributed by atoms with Gasteiger partial charge in [0.05, 0.1) is 17.5 Å². The summed E-state index contributed by atoms with van der Waals surface area (Å²) >= 11 is 0. The molecule has 0 radical (unpaired) electrons. The Morgan fingerprint density at radius 1 is 1.14 bits per heavy atom. The third-order valence-electron chi connectivity index (χ3n) is 5.09. The summed E-state index contributed by atoms with van der Waals surface area (Å²) in [4.78, 5) is 19.4. The van der Waals surface area contributed by atoms with Crippen LogP contribution in [0, 0.1) is 0 Å². The van der Waals surface area contributed by atoms with Gasteiger partial charge in [-0.25, -0.2) is 8.42 Å². The van der Waals surface area contributed by atoms with Crippen LogP contribution in [0.15, 0.2) is 64.5 Å². The Morgan fingerprint density at radius 2 is 1.83 bits per heavy atom. The maximum atomic E-state index is 13.1. The highest BCUT2D eigenvalue weighted by Crippen LogP contribution is 2.26. The quantitative estimate of drug-likeness (QED) is 0.835. The number of amidine groups is 1.